The van der Waals surface area contributed by atoms with Crippen molar-refractivity contribution in [2.24, 2.45) is 5.73 Å². The van der Waals surface area contributed by atoms with Gasteiger partial charge in [0, 0.05) is 18.2 Å². The maximum atomic E-state index is 11.6. The second kappa shape index (κ2) is 5.08. The van der Waals surface area contributed by atoms with Gasteiger partial charge in [0.2, 0.25) is 5.91 Å². The van der Waals surface area contributed by atoms with Crippen molar-refractivity contribution in [1.82, 2.24) is 0 Å². The molecule has 6 nitrogen and oxygen atoms in total. The molecule has 0 unspecified atom stereocenters. The molecule has 0 radical (unpaired) electrons. The van der Waals surface area contributed by atoms with Crippen LogP contribution in [-0.4, -0.2) is 26.1 Å². The average Bonchev–Trinajstić information content (AvgIpc) is 2.16. The molecule has 0 aliphatic rings. The number of nitrogen functional groups attached to an aromatic ring is 1. The van der Waals surface area contributed by atoms with Crippen molar-refractivity contribution >= 4 is 27.1 Å². The highest BCUT2D eigenvalue weighted by atomic mass is 32.2. The van der Waals surface area contributed by atoms with Crippen molar-refractivity contribution in [3.05, 3.63) is 18.2 Å². The summed E-state index contributed by atoms with van der Waals surface area (Å²) in [5.74, 6) is -0.449. The van der Waals surface area contributed by atoms with Crippen LogP contribution in [0.1, 0.15) is 20.3 Å². The zero-order valence-electron chi connectivity index (χ0n) is 11.2. The Bertz CT molecular complexity index is 594. The number of carbonyl (C=O) groups is 1. The predicted molar refractivity (Wildman–Crippen MR) is 75.5 cm³/mol. The molecule has 1 amide bonds. The molecule has 1 aromatic carbocycles. The van der Waals surface area contributed by atoms with Crippen LogP contribution in [0.2, 0.25) is 0 Å². The van der Waals surface area contributed by atoms with Gasteiger partial charge in [-0.05, 0) is 26.0 Å². The van der Waals surface area contributed by atoms with Crippen molar-refractivity contribution in [1.29, 1.82) is 0 Å². The molecule has 0 saturated heterocycles. The molecule has 1 rings (SSSR count). The zero-order valence-corrected chi connectivity index (χ0v) is 12.0. The van der Waals surface area contributed by atoms with Gasteiger partial charge in [0.1, 0.15) is 0 Å². The molecule has 0 aromatic heterocycles. The number of amides is 1. The van der Waals surface area contributed by atoms with Gasteiger partial charge in [-0.2, -0.15) is 0 Å². The molecule has 106 valence electrons. The van der Waals surface area contributed by atoms with E-state index in [0.717, 1.165) is 6.26 Å². The van der Waals surface area contributed by atoms with Gasteiger partial charge < -0.3 is 16.8 Å². The van der Waals surface area contributed by atoms with Crippen LogP contribution < -0.4 is 16.8 Å². The molecule has 0 heterocycles. The number of primary amides is 1. The third kappa shape index (κ3) is 4.13. The average molecular weight is 285 g/mol. The second-order valence-electron chi connectivity index (χ2n) is 5.14. The molecular formula is C12H19N3O3S. The maximum Gasteiger partial charge on any atom is 0.219 e. The summed E-state index contributed by atoms with van der Waals surface area (Å²) >= 11 is 0. The van der Waals surface area contributed by atoms with Crippen LogP contribution in [0.5, 0.6) is 0 Å². The van der Waals surface area contributed by atoms with Crippen LogP contribution in [-0.2, 0) is 14.6 Å². The number of rotatable bonds is 5. The van der Waals surface area contributed by atoms with E-state index < -0.39 is 21.3 Å². The normalized spacial score (nSPS) is 12.2. The number of benzene rings is 1. The Morgan fingerprint density at radius 1 is 1.37 bits per heavy atom. The molecule has 7 heteroatoms. The fraction of sp³-hybridized carbons (Fsp3) is 0.417. The van der Waals surface area contributed by atoms with E-state index >= 15 is 0 Å². The lowest BCUT2D eigenvalue weighted by Crippen LogP contribution is -2.36. The third-order valence-corrected chi connectivity index (χ3v) is 3.71. The molecule has 0 aliphatic carbocycles. The molecule has 0 bridgehead atoms. The quantitative estimate of drug-likeness (QED) is 0.690. The molecular weight excluding hydrogens is 266 g/mol. The molecule has 19 heavy (non-hydrogen) atoms. The predicted octanol–water partition coefficient (Wildman–Crippen LogP) is 0.738. The van der Waals surface area contributed by atoms with E-state index in [9.17, 15) is 13.2 Å². The summed E-state index contributed by atoms with van der Waals surface area (Å²) in [5.41, 5.74) is 11.0. The van der Waals surface area contributed by atoms with Gasteiger partial charge in [0.15, 0.2) is 9.84 Å². The first kappa shape index (κ1) is 15.3. The summed E-state index contributed by atoms with van der Waals surface area (Å²) in [4.78, 5) is 11.0. The first-order chi connectivity index (χ1) is 8.53. The lowest BCUT2D eigenvalue weighted by molar-refractivity contribution is -0.118. The minimum absolute atomic E-state index is 0.0624. The fourth-order valence-corrected chi connectivity index (χ4v) is 2.66. The summed E-state index contributed by atoms with van der Waals surface area (Å²) in [5, 5.41) is 3.04. The zero-order chi connectivity index (χ0) is 14.8. The van der Waals surface area contributed by atoms with Gasteiger partial charge in [-0.15, -0.1) is 0 Å². The molecule has 0 spiro atoms. The third-order valence-electron chi connectivity index (χ3n) is 2.55. The summed E-state index contributed by atoms with van der Waals surface area (Å²) in [6.07, 6.45) is 1.20. The topological polar surface area (TPSA) is 115 Å². The molecule has 1 aromatic rings. The van der Waals surface area contributed by atoms with Crippen LogP contribution in [0.15, 0.2) is 23.1 Å². The molecule has 0 atom stereocenters. The minimum Gasteiger partial charge on any atom is -0.396 e. The van der Waals surface area contributed by atoms with Gasteiger partial charge in [0.05, 0.1) is 16.3 Å². The van der Waals surface area contributed by atoms with E-state index in [1.165, 1.54) is 6.07 Å². The van der Waals surface area contributed by atoms with Crippen molar-refractivity contribution < 1.29 is 13.2 Å². The van der Waals surface area contributed by atoms with Crippen LogP contribution >= 0.6 is 0 Å². The number of nitrogens with one attached hydrogen (secondary N) is 1. The molecule has 5 N–H and O–H groups in total. The lowest BCUT2D eigenvalue weighted by Gasteiger charge is -2.27. The number of carbonyl (C=O) groups excluding carboxylic acids is 1. The first-order valence-corrected chi connectivity index (χ1v) is 7.57. The second-order valence-corrected chi connectivity index (χ2v) is 7.13. The van der Waals surface area contributed by atoms with E-state index in [0.29, 0.717) is 5.69 Å². The van der Waals surface area contributed by atoms with Crippen LogP contribution in [0, 0.1) is 0 Å². The fourth-order valence-electron chi connectivity index (χ4n) is 1.82. The van der Waals surface area contributed by atoms with Crippen molar-refractivity contribution in [2.45, 2.75) is 30.7 Å². The minimum atomic E-state index is -3.39. The Hall–Kier alpha value is -1.76. The highest BCUT2D eigenvalue weighted by Gasteiger charge is 2.22. The Labute approximate surface area is 113 Å². The molecule has 0 saturated carbocycles. The van der Waals surface area contributed by atoms with Gasteiger partial charge in [-0.25, -0.2) is 8.42 Å². The molecule has 0 aliphatic heterocycles. The summed E-state index contributed by atoms with van der Waals surface area (Å²) < 4.78 is 23.1. The van der Waals surface area contributed by atoms with E-state index in [1.54, 1.807) is 26.0 Å². The largest absolute Gasteiger partial charge is 0.396 e. The summed E-state index contributed by atoms with van der Waals surface area (Å²) in [6.45, 7) is 3.56. The number of nitrogens with two attached hydrogens (primary N) is 2. The summed E-state index contributed by atoms with van der Waals surface area (Å²) in [7, 11) is -3.39. The first-order valence-electron chi connectivity index (χ1n) is 5.68. The van der Waals surface area contributed by atoms with E-state index in [4.69, 9.17) is 11.5 Å². The van der Waals surface area contributed by atoms with Gasteiger partial charge >= 0.3 is 0 Å². The monoisotopic (exact) mass is 285 g/mol. The smallest absolute Gasteiger partial charge is 0.219 e. The number of hydrogen-bond donors (Lipinski definition) is 3. The Morgan fingerprint density at radius 3 is 2.42 bits per heavy atom. The van der Waals surface area contributed by atoms with E-state index in [2.05, 4.69) is 5.32 Å². The SMILES string of the molecule is CC(C)(CC(N)=O)Nc1cccc(S(C)(=O)=O)c1N. The Balaban J connectivity index is 3.14. The highest BCUT2D eigenvalue weighted by Crippen LogP contribution is 2.29. The number of anilines is 2. The van der Waals surface area contributed by atoms with Crippen molar-refractivity contribution in [2.75, 3.05) is 17.3 Å². The standard InChI is InChI=1S/C12H19N3O3S/c1-12(2,7-10(13)16)15-8-5-4-6-9(11(8)14)19(3,17)18/h4-6,15H,7,14H2,1-3H3,(H2,13,16). The van der Waals surface area contributed by atoms with E-state index in [1.807, 2.05) is 0 Å². The Morgan fingerprint density at radius 2 is 1.95 bits per heavy atom. The number of para-hydroxylation sites is 1. The highest BCUT2D eigenvalue weighted by molar-refractivity contribution is 7.90. The summed E-state index contributed by atoms with van der Waals surface area (Å²) in [6, 6.07) is 4.69. The van der Waals surface area contributed by atoms with Gasteiger partial charge in [0.25, 0.3) is 0 Å². The number of sulfone groups is 1. The van der Waals surface area contributed by atoms with Crippen molar-refractivity contribution in [3.8, 4) is 0 Å². The van der Waals surface area contributed by atoms with Gasteiger partial charge in [-0.1, -0.05) is 6.07 Å². The van der Waals surface area contributed by atoms with E-state index in [-0.39, 0.29) is 17.0 Å². The lowest BCUT2D eigenvalue weighted by atomic mass is 9.99. The van der Waals surface area contributed by atoms with Crippen LogP contribution in [0.4, 0.5) is 11.4 Å². The number of hydrogen-bond acceptors (Lipinski definition) is 5. The molecule has 0 fully saturated rings. The van der Waals surface area contributed by atoms with Crippen LogP contribution in [0.3, 0.4) is 0 Å². The van der Waals surface area contributed by atoms with Crippen molar-refractivity contribution in [3.63, 3.8) is 0 Å². The Kier molecular flexibility index (Phi) is 4.09. The van der Waals surface area contributed by atoms with Crippen LogP contribution in [0.25, 0.3) is 0 Å². The maximum absolute atomic E-state index is 11.6. The van der Waals surface area contributed by atoms with Gasteiger partial charge in [-0.3, -0.25) is 4.79 Å².